The van der Waals surface area contributed by atoms with Crippen LogP contribution in [0.15, 0.2) is 35.7 Å². The van der Waals surface area contributed by atoms with Gasteiger partial charge in [0.1, 0.15) is 11.6 Å². The van der Waals surface area contributed by atoms with Crippen molar-refractivity contribution in [3.05, 3.63) is 57.8 Å². The Labute approximate surface area is 161 Å². The molecule has 2 aromatic heterocycles. The maximum absolute atomic E-state index is 12.4. The Kier molecular flexibility index (Phi) is 5.66. The van der Waals surface area contributed by atoms with Gasteiger partial charge in [-0.25, -0.2) is 4.98 Å². The highest BCUT2D eigenvalue weighted by atomic mass is 32.1. The van der Waals surface area contributed by atoms with Crippen molar-refractivity contribution in [2.45, 2.75) is 26.8 Å². The van der Waals surface area contributed by atoms with Crippen LogP contribution in [0.5, 0.6) is 0 Å². The van der Waals surface area contributed by atoms with Crippen LogP contribution in [0.1, 0.15) is 38.1 Å². The van der Waals surface area contributed by atoms with Gasteiger partial charge in [-0.15, -0.1) is 11.3 Å². The van der Waals surface area contributed by atoms with E-state index in [1.165, 1.54) is 11.3 Å². The van der Waals surface area contributed by atoms with Gasteiger partial charge in [0.2, 0.25) is 0 Å². The fourth-order valence-electron chi connectivity index (χ4n) is 2.76. The molecule has 2 amide bonds. The molecule has 0 radical (unpaired) electrons. The summed E-state index contributed by atoms with van der Waals surface area (Å²) in [5, 5.41) is 9.09. The second kappa shape index (κ2) is 8.13. The minimum atomic E-state index is -0.446. The average molecular weight is 383 g/mol. The smallest absolute Gasteiger partial charge is 0.258 e. The van der Waals surface area contributed by atoms with Crippen LogP contribution in [0.2, 0.25) is 0 Å². The van der Waals surface area contributed by atoms with Crippen molar-refractivity contribution in [2.24, 2.45) is 5.73 Å². The van der Waals surface area contributed by atoms with E-state index in [2.05, 4.69) is 15.4 Å². The number of carbonyl (C=O) groups is 2. The molecule has 140 valence electrons. The first-order chi connectivity index (χ1) is 12.9. The topological polar surface area (TPSA) is 103 Å². The minimum Gasteiger partial charge on any atom is -0.365 e. The summed E-state index contributed by atoms with van der Waals surface area (Å²) in [7, 11) is 0. The average Bonchev–Trinajstić information content (AvgIpc) is 3.25. The van der Waals surface area contributed by atoms with E-state index in [-0.39, 0.29) is 5.91 Å². The van der Waals surface area contributed by atoms with Gasteiger partial charge in [-0.2, -0.15) is 5.10 Å². The molecule has 0 atom stereocenters. The van der Waals surface area contributed by atoms with Crippen LogP contribution in [0, 0.1) is 13.8 Å². The number of rotatable bonds is 7. The minimum absolute atomic E-state index is 0.131. The lowest BCUT2D eigenvalue weighted by molar-refractivity contribution is 0.0951. The first-order valence-electron chi connectivity index (χ1n) is 8.59. The molecule has 0 bridgehead atoms. The number of hydrogen-bond acceptors (Lipinski definition) is 5. The quantitative estimate of drug-likeness (QED) is 0.612. The van der Waals surface area contributed by atoms with E-state index >= 15 is 0 Å². The second-order valence-corrected chi connectivity index (χ2v) is 7.09. The van der Waals surface area contributed by atoms with Gasteiger partial charge < -0.3 is 11.1 Å². The van der Waals surface area contributed by atoms with Crippen molar-refractivity contribution < 1.29 is 9.59 Å². The maximum atomic E-state index is 12.4. The number of hydrogen-bond donors (Lipinski definition) is 2. The number of nitrogens with two attached hydrogens (primary N) is 1. The highest BCUT2D eigenvalue weighted by Gasteiger charge is 2.10. The SMILES string of the molecule is Cc1nc(C)n(CCCNC(=O)c2cccc(-c3csc(C(N)=O)c3)c2)n1. The predicted octanol–water partition coefficient (Wildman–Crippen LogP) is 2.54. The zero-order valence-corrected chi connectivity index (χ0v) is 16.0. The monoisotopic (exact) mass is 383 g/mol. The molecule has 1 aromatic carbocycles. The Morgan fingerprint density at radius 2 is 2.04 bits per heavy atom. The van der Waals surface area contributed by atoms with Gasteiger partial charge in [0.05, 0.1) is 4.88 Å². The third-order valence-corrected chi connectivity index (χ3v) is 5.04. The lowest BCUT2D eigenvalue weighted by Gasteiger charge is -2.07. The summed E-state index contributed by atoms with van der Waals surface area (Å²) in [6.45, 7) is 5.03. The third kappa shape index (κ3) is 4.59. The lowest BCUT2D eigenvalue weighted by Crippen LogP contribution is -2.25. The maximum Gasteiger partial charge on any atom is 0.258 e. The Balaban J connectivity index is 1.58. The van der Waals surface area contributed by atoms with Crippen molar-refractivity contribution in [3.8, 4) is 11.1 Å². The van der Waals surface area contributed by atoms with Crippen molar-refractivity contribution in [3.63, 3.8) is 0 Å². The Bertz CT molecular complexity index is 976. The van der Waals surface area contributed by atoms with Crippen molar-refractivity contribution >= 4 is 23.2 Å². The molecule has 0 saturated carbocycles. The lowest BCUT2D eigenvalue weighted by atomic mass is 10.1. The highest BCUT2D eigenvalue weighted by molar-refractivity contribution is 7.12. The van der Waals surface area contributed by atoms with Crippen LogP contribution in [-0.4, -0.2) is 33.1 Å². The number of benzene rings is 1. The van der Waals surface area contributed by atoms with E-state index in [9.17, 15) is 9.59 Å². The largest absolute Gasteiger partial charge is 0.365 e. The van der Waals surface area contributed by atoms with Crippen LogP contribution in [-0.2, 0) is 6.54 Å². The van der Waals surface area contributed by atoms with Gasteiger partial charge in [0.25, 0.3) is 11.8 Å². The summed E-state index contributed by atoms with van der Waals surface area (Å²) in [5.41, 5.74) is 7.63. The first-order valence-corrected chi connectivity index (χ1v) is 9.47. The summed E-state index contributed by atoms with van der Waals surface area (Å²) in [6.07, 6.45) is 0.765. The van der Waals surface area contributed by atoms with E-state index in [1.54, 1.807) is 12.1 Å². The standard InChI is InChI=1S/C19H21N5O2S/c1-12-22-13(2)24(23-12)8-4-7-21-19(26)15-6-3-5-14(9-15)16-10-17(18(20)25)27-11-16/h3,5-6,9-11H,4,7-8H2,1-2H3,(H2,20,25)(H,21,26). The number of nitrogens with zero attached hydrogens (tertiary/aromatic N) is 3. The van der Waals surface area contributed by atoms with E-state index in [4.69, 9.17) is 5.73 Å². The van der Waals surface area contributed by atoms with Crippen LogP contribution in [0.25, 0.3) is 11.1 Å². The number of amides is 2. The van der Waals surface area contributed by atoms with E-state index in [0.29, 0.717) is 23.5 Å². The van der Waals surface area contributed by atoms with Gasteiger partial charge in [0.15, 0.2) is 0 Å². The molecule has 0 unspecified atom stereocenters. The Morgan fingerprint density at radius 1 is 1.22 bits per heavy atom. The molecule has 0 aliphatic carbocycles. The van der Waals surface area contributed by atoms with E-state index in [0.717, 1.165) is 29.2 Å². The zero-order valence-electron chi connectivity index (χ0n) is 15.2. The summed E-state index contributed by atoms with van der Waals surface area (Å²) in [6, 6.07) is 9.05. The summed E-state index contributed by atoms with van der Waals surface area (Å²) < 4.78 is 1.84. The number of primary amides is 1. The third-order valence-electron chi connectivity index (χ3n) is 4.10. The molecule has 0 saturated heterocycles. The van der Waals surface area contributed by atoms with E-state index < -0.39 is 5.91 Å². The molecule has 3 N–H and O–H groups in total. The molecule has 0 spiro atoms. The van der Waals surface area contributed by atoms with Crippen LogP contribution < -0.4 is 11.1 Å². The van der Waals surface area contributed by atoms with Crippen LogP contribution >= 0.6 is 11.3 Å². The number of carbonyl (C=O) groups excluding carboxylic acids is 2. The molecule has 7 nitrogen and oxygen atoms in total. The molecular weight excluding hydrogens is 362 g/mol. The van der Waals surface area contributed by atoms with Crippen molar-refractivity contribution in [1.82, 2.24) is 20.1 Å². The van der Waals surface area contributed by atoms with Gasteiger partial charge >= 0.3 is 0 Å². The Hall–Kier alpha value is -3.00. The van der Waals surface area contributed by atoms with Crippen molar-refractivity contribution in [1.29, 1.82) is 0 Å². The van der Waals surface area contributed by atoms with Crippen LogP contribution in [0.3, 0.4) is 0 Å². The van der Waals surface area contributed by atoms with Crippen LogP contribution in [0.4, 0.5) is 0 Å². The number of aromatic nitrogens is 3. The first kappa shape index (κ1) is 18.8. The normalized spacial score (nSPS) is 10.7. The highest BCUT2D eigenvalue weighted by Crippen LogP contribution is 2.26. The van der Waals surface area contributed by atoms with Gasteiger partial charge in [0, 0.05) is 18.7 Å². The molecule has 27 heavy (non-hydrogen) atoms. The molecule has 0 aliphatic heterocycles. The molecule has 0 fully saturated rings. The Morgan fingerprint density at radius 3 is 2.70 bits per heavy atom. The summed E-state index contributed by atoms with van der Waals surface area (Å²) in [5.74, 6) is 1.05. The number of thiophene rings is 1. The molecule has 3 rings (SSSR count). The number of aryl methyl sites for hydroxylation is 3. The molecule has 0 aliphatic rings. The summed E-state index contributed by atoms with van der Waals surface area (Å²) in [4.78, 5) is 28.4. The summed E-state index contributed by atoms with van der Waals surface area (Å²) >= 11 is 1.30. The molecule has 8 heteroatoms. The predicted molar refractivity (Wildman–Crippen MR) is 105 cm³/mol. The van der Waals surface area contributed by atoms with Gasteiger partial charge in [-0.05, 0) is 55.0 Å². The molecule has 3 aromatic rings. The van der Waals surface area contributed by atoms with Gasteiger partial charge in [-0.1, -0.05) is 12.1 Å². The fourth-order valence-corrected chi connectivity index (χ4v) is 3.53. The molecular formula is C19H21N5O2S. The molecule has 2 heterocycles. The zero-order chi connectivity index (χ0) is 19.4. The fraction of sp³-hybridized carbons (Fsp3) is 0.263. The van der Waals surface area contributed by atoms with Gasteiger partial charge in [-0.3, -0.25) is 14.3 Å². The van der Waals surface area contributed by atoms with E-state index in [1.807, 2.05) is 42.1 Å². The van der Waals surface area contributed by atoms with Crippen molar-refractivity contribution in [2.75, 3.05) is 6.54 Å². The second-order valence-electron chi connectivity index (χ2n) is 6.18. The number of nitrogens with one attached hydrogen (secondary N) is 1.